The van der Waals surface area contributed by atoms with Crippen molar-refractivity contribution in [1.82, 2.24) is 92.4 Å². The zero-order valence-electron chi connectivity index (χ0n) is 70.2. The summed E-state index contributed by atoms with van der Waals surface area (Å²) >= 11 is 3.52. The quantitative estimate of drug-likeness (QED) is 0.0230. The summed E-state index contributed by atoms with van der Waals surface area (Å²) in [5.41, 5.74) is 8.67. The van der Waals surface area contributed by atoms with Crippen molar-refractivity contribution >= 4 is 90.6 Å². The Labute approximate surface area is 692 Å². The molecule has 4 unspecified atom stereocenters. The predicted molar refractivity (Wildman–Crippen MR) is 471 cm³/mol. The Morgan fingerprint density at radius 2 is 0.784 bits per heavy atom. The molecule has 12 heterocycles. The van der Waals surface area contributed by atoms with Crippen molar-refractivity contribution in [3.05, 3.63) is 154 Å². The summed E-state index contributed by atoms with van der Waals surface area (Å²) in [6.45, 7) is 22.4. The van der Waals surface area contributed by atoms with Crippen LogP contribution in [-0.4, -0.2) is 282 Å². The molecular weight excluding hydrogens is 1500 g/mol. The van der Waals surface area contributed by atoms with E-state index in [9.17, 15) is 0 Å². The van der Waals surface area contributed by atoms with Gasteiger partial charge in [-0.1, -0.05) is 6.07 Å². The molecule has 0 saturated carbocycles. The smallest absolute Gasteiger partial charge is 0.203 e. The largest absolute Gasteiger partial charge is 0.493 e. The summed E-state index contributed by atoms with van der Waals surface area (Å²) in [5.74, 6) is 11.8. The van der Waals surface area contributed by atoms with Gasteiger partial charge in [0.2, 0.25) is 23.8 Å². The SMILES string of the molecule is CN(C)CC1CNc2nc3ccc(OCCCN(C)Cc4ccco4)cc3n2C1.CN(C)CC1CNc2nc3ccc(OCCCN(C)Cc4cccs4)cc3n2C1.CN(C)CC1CNc2nc3ccc(OCCCN(C)Cc4ncc[nH]4)cc3n2C1.CN(C)CC1CNc2nc3ccc(OCCCN(C)Cc4nccs4)cc3n2C1. The molecule has 0 amide bonds. The molecule has 4 aromatic carbocycles. The number of rotatable bonds is 36. The Balaban J connectivity index is 0.000000135. The Bertz CT molecular complexity index is 4290. The van der Waals surface area contributed by atoms with Crippen molar-refractivity contribution in [2.75, 3.05) is 211 Å². The lowest BCUT2D eigenvalue weighted by Crippen LogP contribution is -2.34. The number of H-pyrrole nitrogens is 1. The summed E-state index contributed by atoms with van der Waals surface area (Å²) < 4.78 is 38.7. The Hall–Kier alpha value is -9.34. The van der Waals surface area contributed by atoms with Crippen LogP contribution in [0.1, 0.15) is 47.2 Å². The van der Waals surface area contributed by atoms with E-state index in [2.05, 4.69) is 244 Å². The van der Waals surface area contributed by atoms with Gasteiger partial charge in [0.25, 0.3) is 0 Å². The number of fused-ring (bicyclic) bond motifs is 12. The number of imidazole rings is 5. The molecule has 4 atom stereocenters. The second kappa shape index (κ2) is 41.7. The van der Waals surface area contributed by atoms with Crippen LogP contribution in [0.15, 0.2) is 137 Å². The number of thiophene rings is 1. The Morgan fingerprint density at radius 1 is 0.405 bits per heavy atom. The number of ether oxygens (including phenoxy) is 4. The first-order chi connectivity index (χ1) is 56.3. The number of thiazole rings is 1. The van der Waals surface area contributed by atoms with Gasteiger partial charge in [0, 0.05) is 188 Å². The highest BCUT2D eigenvalue weighted by molar-refractivity contribution is 7.10. The second-order valence-corrected chi connectivity index (χ2v) is 34.7. The molecule has 28 nitrogen and oxygen atoms in total. The minimum absolute atomic E-state index is 0.573. The number of aromatic nitrogens is 11. The van der Waals surface area contributed by atoms with E-state index in [1.807, 2.05) is 65.5 Å². The van der Waals surface area contributed by atoms with Crippen molar-refractivity contribution < 1.29 is 23.4 Å². The lowest BCUT2D eigenvalue weighted by molar-refractivity contribution is 0.247. The Morgan fingerprint density at radius 3 is 1.11 bits per heavy atom. The van der Waals surface area contributed by atoms with Crippen molar-refractivity contribution in [1.29, 1.82) is 0 Å². The summed E-state index contributed by atoms with van der Waals surface area (Å²) in [7, 11) is 25.5. The van der Waals surface area contributed by atoms with Gasteiger partial charge in [0.05, 0.1) is 96.5 Å². The van der Waals surface area contributed by atoms with Crippen molar-refractivity contribution in [3.8, 4) is 23.0 Å². The average molecular weight is 1620 g/mol. The molecule has 4 aliphatic rings. The molecule has 8 aromatic heterocycles. The van der Waals surface area contributed by atoms with Crippen LogP contribution < -0.4 is 40.2 Å². The average Bonchev–Trinajstić information content (AvgIpc) is 1.65. The maximum Gasteiger partial charge on any atom is 0.203 e. The molecular formula is C86H123N23O5S2. The van der Waals surface area contributed by atoms with Gasteiger partial charge in [-0.2, -0.15) is 0 Å². The van der Waals surface area contributed by atoms with Crippen molar-refractivity contribution in [2.45, 2.75) is 78.0 Å². The van der Waals surface area contributed by atoms with Crippen LogP contribution >= 0.6 is 22.7 Å². The van der Waals surface area contributed by atoms with E-state index in [-0.39, 0.29) is 0 Å². The summed E-state index contributed by atoms with van der Waals surface area (Å²) in [6, 6.07) is 33.1. The van der Waals surface area contributed by atoms with E-state index in [1.54, 1.807) is 23.8 Å². The van der Waals surface area contributed by atoms with E-state index in [4.69, 9.17) is 43.3 Å². The van der Waals surface area contributed by atoms with E-state index in [1.165, 1.54) is 4.88 Å². The third kappa shape index (κ3) is 24.4. The molecule has 12 aromatic rings. The van der Waals surface area contributed by atoms with Crippen LogP contribution in [0.3, 0.4) is 0 Å². The molecule has 16 rings (SSSR count). The van der Waals surface area contributed by atoms with Gasteiger partial charge in [-0.3, -0.25) is 14.7 Å². The number of anilines is 4. The van der Waals surface area contributed by atoms with Crippen molar-refractivity contribution in [3.63, 3.8) is 0 Å². The molecule has 30 heteroatoms. The van der Waals surface area contributed by atoms with Crippen LogP contribution in [0, 0.1) is 23.7 Å². The molecule has 624 valence electrons. The highest BCUT2D eigenvalue weighted by Crippen LogP contribution is 2.33. The number of hydrogen-bond acceptors (Lipinski definition) is 25. The first-order valence-electron chi connectivity index (χ1n) is 41.1. The zero-order chi connectivity index (χ0) is 80.9. The number of hydrogen-bond donors (Lipinski definition) is 5. The van der Waals surface area contributed by atoms with E-state index >= 15 is 0 Å². The summed E-state index contributed by atoms with van der Waals surface area (Å²) in [6.07, 6.45) is 11.1. The Kier molecular flexibility index (Phi) is 30.4. The minimum Gasteiger partial charge on any atom is -0.493 e. The molecule has 4 aliphatic heterocycles. The normalized spacial score (nSPS) is 16.4. The monoisotopic (exact) mass is 1620 g/mol. The molecule has 0 spiro atoms. The third-order valence-electron chi connectivity index (χ3n) is 21.0. The maximum absolute atomic E-state index is 6.06. The van der Waals surface area contributed by atoms with Gasteiger partial charge in [-0.15, -0.1) is 22.7 Å². The van der Waals surface area contributed by atoms with Gasteiger partial charge in [0.1, 0.15) is 39.6 Å². The summed E-state index contributed by atoms with van der Waals surface area (Å²) in [5, 5.41) is 19.3. The highest BCUT2D eigenvalue weighted by atomic mass is 32.1. The maximum atomic E-state index is 6.06. The number of aromatic amines is 1. The third-order valence-corrected chi connectivity index (χ3v) is 22.6. The fraction of sp³-hybridized carbons (Fsp3) is 0.512. The van der Waals surface area contributed by atoms with E-state index in [0.717, 1.165) is 271 Å². The number of nitrogens with zero attached hydrogens (tertiary/aromatic N) is 18. The zero-order valence-corrected chi connectivity index (χ0v) is 71.9. The highest BCUT2D eigenvalue weighted by Gasteiger charge is 2.27. The number of benzene rings is 4. The fourth-order valence-electron chi connectivity index (χ4n) is 15.8. The van der Waals surface area contributed by atoms with Gasteiger partial charge in [0.15, 0.2) is 0 Å². The van der Waals surface area contributed by atoms with Crippen LogP contribution in [0.5, 0.6) is 23.0 Å². The van der Waals surface area contributed by atoms with Crippen LogP contribution in [0.2, 0.25) is 0 Å². The molecule has 5 N–H and O–H groups in total. The molecule has 0 radical (unpaired) electrons. The van der Waals surface area contributed by atoms with Gasteiger partial charge in [-0.05, 0) is 182 Å². The lowest BCUT2D eigenvalue weighted by Gasteiger charge is -2.27. The van der Waals surface area contributed by atoms with Gasteiger partial charge >= 0.3 is 0 Å². The van der Waals surface area contributed by atoms with E-state index in [0.29, 0.717) is 43.5 Å². The lowest BCUT2D eigenvalue weighted by atomic mass is 10.1. The topological polar surface area (TPSA) is 237 Å². The van der Waals surface area contributed by atoms with E-state index < -0.39 is 0 Å². The van der Waals surface area contributed by atoms with Crippen LogP contribution in [0.4, 0.5) is 23.8 Å². The molecule has 0 saturated heterocycles. The second-order valence-electron chi connectivity index (χ2n) is 32.7. The minimum atomic E-state index is 0.573. The molecule has 116 heavy (non-hydrogen) atoms. The van der Waals surface area contributed by atoms with Gasteiger partial charge < -0.3 is 92.4 Å². The first kappa shape index (κ1) is 84.6. The molecule has 0 aliphatic carbocycles. The number of furan rings is 1. The molecule has 0 bridgehead atoms. The summed E-state index contributed by atoms with van der Waals surface area (Å²) in [4.78, 5) is 50.2. The van der Waals surface area contributed by atoms with Crippen LogP contribution in [-0.2, 0) is 52.4 Å². The predicted octanol–water partition coefficient (Wildman–Crippen LogP) is 12.0. The van der Waals surface area contributed by atoms with Gasteiger partial charge in [-0.25, -0.2) is 29.9 Å². The molecule has 0 fully saturated rings. The fourth-order valence-corrected chi connectivity index (χ4v) is 17.3. The number of nitrogens with one attached hydrogen (secondary N) is 5. The standard InChI is InChI=1S/C22H31N5O2.C22H31N5OS.C21H31N7O.C21H30N6OS/c1-25(2)14-17-13-23-22-24-20-8-7-18(12-21(20)27(22)15-17)28-11-5-9-26(3)16-19-6-4-10-29-19;1-25(2)14-17-13-23-22-24-20-8-7-18(12-21(20)27(22)15-17)28-10-5-9-26(3)16-19-6-4-11-29-19;1-26(2)13-16-12-24-21-25-18-6-5-17(11-19(18)28(21)14-16)29-10-4-9-27(3)15-20-22-7-8-23-20;1-25(2)13-16-12-23-21-24-18-6-5-17(11-19(18)27(21)14-16)28-9-4-8-26(3)15-20-22-7-10-29-20/h4,6-8,10,12,17H,5,9,11,13-16H2,1-3H3,(H,23,24);4,6-8,11-12,17H,5,9-10,13-16H2,1-3H3,(H,23,24);5-8,11,16H,4,9-10,12-15H2,1-3H3,(H,22,23)(H,24,25);5-7,10-11,16H,4,8-9,12-15H2,1-3H3,(H,23,24). The first-order valence-corrected chi connectivity index (χ1v) is 42.8. The van der Waals surface area contributed by atoms with Crippen molar-refractivity contribution in [2.24, 2.45) is 23.7 Å². The van der Waals surface area contributed by atoms with Crippen LogP contribution in [0.25, 0.3) is 44.1 Å².